The lowest BCUT2D eigenvalue weighted by Gasteiger charge is -2.35. The number of thioether (sulfide) groups is 1. The summed E-state index contributed by atoms with van der Waals surface area (Å²) < 4.78 is 5.34. The van der Waals surface area contributed by atoms with E-state index in [1.165, 1.54) is 0 Å². The van der Waals surface area contributed by atoms with Crippen molar-refractivity contribution in [3.05, 3.63) is 23.4 Å². The van der Waals surface area contributed by atoms with E-state index in [4.69, 9.17) is 4.52 Å². The van der Waals surface area contributed by atoms with Crippen LogP contribution in [-0.2, 0) is 16.0 Å². The summed E-state index contributed by atoms with van der Waals surface area (Å²) in [5.74, 6) is 2.59. The largest absolute Gasteiger partial charge is 0.339 e. The maximum Gasteiger partial charge on any atom is 0.242 e. The summed E-state index contributed by atoms with van der Waals surface area (Å²) in [6.07, 6.45) is 1.70. The van der Waals surface area contributed by atoms with Gasteiger partial charge in [0.25, 0.3) is 0 Å². The van der Waals surface area contributed by atoms with E-state index in [-0.39, 0.29) is 18.4 Å². The van der Waals surface area contributed by atoms with Crippen molar-refractivity contribution in [3.8, 4) is 10.7 Å². The van der Waals surface area contributed by atoms with Gasteiger partial charge in [-0.15, -0.1) is 23.1 Å². The molecule has 0 saturated carbocycles. The van der Waals surface area contributed by atoms with Gasteiger partial charge >= 0.3 is 0 Å². The van der Waals surface area contributed by atoms with Crippen molar-refractivity contribution in [3.63, 3.8) is 0 Å². The standard InChI is InChI=1S/C18H23N5O3S2/c24-16(11-23-13-27-12-17(23)25)22-8-6-21(7-9-22)5-1-4-15-19-18(20-26-15)14-3-2-10-28-14/h2-3,10H,1,4-9,11-13H2. The SMILES string of the molecule is O=C(CN1CSCC1=O)N1CCN(CCCc2nc(-c3cccs3)no2)CC1. The minimum Gasteiger partial charge on any atom is -0.339 e. The Morgan fingerprint density at radius 1 is 1.25 bits per heavy atom. The van der Waals surface area contributed by atoms with E-state index in [2.05, 4.69) is 15.0 Å². The molecule has 0 radical (unpaired) electrons. The minimum atomic E-state index is 0.0578. The summed E-state index contributed by atoms with van der Waals surface area (Å²) in [6, 6.07) is 3.96. The monoisotopic (exact) mass is 421 g/mol. The summed E-state index contributed by atoms with van der Waals surface area (Å²) in [5, 5.41) is 6.04. The van der Waals surface area contributed by atoms with Gasteiger partial charge in [0.05, 0.1) is 16.5 Å². The van der Waals surface area contributed by atoms with Crippen molar-refractivity contribution in [2.24, 2.45) is 0 Å². The highest BCUT2D eigenvalue weighted by atomic mass is 32.2. The van der Waals surface area contributed by atoms with Crippen LogP contribution in [-0.4, -0.2) is 87.6 Å². The first-order valence-electron chi connectivity index (χ1n) is 9.41. The quantitative estimate of drug-likeness (QED) is 0.668. The third-order valence-electron chi connectivity index (χ3n) is 4.95. The second-order valence-electron chi connectivity index (χ2n) is 6.88. The van der Waals surface area contributed by atoms with Crippen LogP contribution in [0.3, 0.4) is 0 Å². The van der Waals surface area contributed by atoms with E-state index < -0.39 is 0 Å². The molecule has 0 bridgehead atoms. The van der Waals surface area contributed by atoms with Crippen molar-refractivity contribution >= 4 is 34.9 Å². The van der Waals surface area contributed by atoms with Gasteiger partial charge in [-0.25, -0.2) is 0 Å². The number of hydrogen-bond acceptors (Lipinski definition) is 8. The number of carbonyl (C=O) groups excluding carboxylic acids is 2. The number of aromatic nitrogens is 2. The van der Waals surface area contributed by atoms with Gasteiger partial charge in [0, 0.05) is 32.6 Å². The number of aryl methyl sites for hydroxylation is 1. The van der Waals surface area contributed by atoms with Crippen LogP contribution < -0.4 is 0 Å². The van der Waals surface area contributed by atoms with Gasteiger partial charge in [-0.3, -0.25) is 14.5 Å². The van der Waals surface area contributed by atoms with E-state index >= 15 is 0 Å². The number of carbonyl (C=O) groups is 2. The first-order valence-corrected chi connectivity index (χ1v) is 11.4. The van der Waals surface area contributed by atoms with E-state index in [9.17, 15) is 9.59 Å². The molecule has 0 aromatic carbocycles. The molecule has 0 spiro atoms. The zero-order valence-electron chi connectivity index (χ0n) is 15.6. The molecule has 2 aromatic heterocycles. The lowest BCUT2D eigenvalue weighted by atomic mass is 10.2. The van der Waals surface area contributed by atoms with Crippen LogP contribution in [0.2, 0.25) is 0 Å². The average Bonchev–Trinajstić information content (AvgIpc) is 3.45. The fourth-order valence-electron chi connectivity index (χ4n) is 3.34. The second kappa shape index (κ2) is 9.06. The van der Waals surface area contributed by atoms with Crippen LogP contribution in [0.1, 0.15) is 12.3 Å². The van der Waals surface area contributed by atoms with Crippen molar-refractivity contribution < 1.29 is 14.1 Å². The Bertz CT molecular complexity index is 802. The van der Waals surface area contributed by atoms with Gasteiger partial charge in [0.2, 0.25) is 23.5 Å². The molecule has 0 aliphatic carbocycles. The zero-order chi connectivity index (χ0) is 19.3. The van der Waals surface area contributed by atoms with Crippen molar-refractivity contribution in [1.29, 1.82) is 0 Å². The lowest BCUT2D eigenvalue weighted by Crippen LogP contribution is -2.51. The molecule has 0 atom stereocenters. The molecule has 4 rings (SSSR count). The van der Waals surface area contributed by atoms with Gasteiger partial charge in [0.1, 0.15) is 6.54 Å². The van der Waals surface area contributed by atoms with Crippen molar-refractivity contribution in [2.75, 3.05) is 50.9 Å². The number of hydrogen-bond donors (Lipinski definition) is 0. The molecule has 2 fully saturated rings. The fraction of sp³-hybridized carbons (Fsp3) is 0.556. The van der Waals surface area contributed by atoms with Gasteiger partial charge in [-0.2, -0.15) is 4.98 Å². The molecule has 10 heteroatoms. The molecule has 0 N–H and O–H groups in total. The maximum atomic E-state index is 12.4. The smallest absolute Gasteiger partial charge is 0.242 e. The Kier molecular flexibility index (Phi) is 6.28. The highest BCUT2D eigenvalue weighted by Crippen LogP contribution is 2.21. The number of thiophene rings is 1. The van der Waals surface area contributed by atoms with Gasteiger partial charge in [0.15, 0.2) is 0 Å². The summed E-state index contributed by atoms with van der Waals surface area (Å²) in [5.41, 5.74) is 0. The molecule has 4 heterocycles. The van der Waals surface area contributed by atoms with Crippen LogP contribution in [0.15, 0.2) is 22.0 Å². The molecule has 28 heavy (non-hydrogen) atoms. The number of piperazine rings is 1. The minimum absolute atomic E-state index is 0.0578. The third-order valence-corrected chi connectivity index (χ3v) is 6.76. The fourth-order valence-corrected chi connectivity index (χ4v) is 4.89. The molecule has 150 valence electrons. The molecule has 2 saturated heterocycles. The van der Waals surface area contributed by atoms with E-state index in [0.29, 0.717) is 23.3 Å². The van der Waals surface area contributed by atoms with Crippen LogP contribution in [0.25, 0.3) is 10.7 Å². The third kappa shape index (κ3) is 4.73. The molecule has 2 aliphatic heterocycles. The lowest BCUT2D eigenvalue weighted by molar-refractivity contribution is -0.139. The Hall–Kier alpha value is -1.91. The van der Waals surface area contributed by atoms with E-state index in [1.807, 2.05) is 22.4 Å². The Balaban J connectivity index is 1.16. The molecular weight excluding hydrogens is 398 g/mol. The predicted molar refractivity (Wildman–Crippen MR) is 108 cm³/mol. The Morgan fingerprint density at radius 2 is 2.11 bits per heavy atom. The van der Waals surface area contributed by atoms with Crippen molar-refractivity contribution in [1.82, 2.24) is 24.8 Å². The normalized spacial score (nSPS) is 18.2. The van der Waals surface area contributed by atoms with Crippen LogP contribution in [0.5, 0.6) is 0 Å². The predicted octanol–water partition coefficient (Wildman–Crippen LogP) is 1.41. The van der Waals surface area contributed by atoms with Crippen LogP contribution >= 0.6 is 23.1 Å². The Labute approximate surface area is 171 Å². The highest BCUT2D eigenvalue weighted by Gasteiger charge is 2.27. The summed E-state index contributed by atoms with van der Waals surface area (Å²) in [4.78, 5) is 35.4. The highest BCUT2D eigenvalue weighted by molar-refractivity contribution is 8.00. The van der Waals surface area contributed by atoms with E-state index in [0.717, 1.165) is 50.4 Å². The van der Waals surface area contributed by atoms with Crippen LogP contribution in [0, 0.1) is 0 Å². The van der Waals surface area contributed by atoms with Gasteiger partial charge in [-0.1, -0.05) is 11.2 Å². The first-order chi connectivity index (χ1) is 13.7. The summed E-state index contributed by atoms with van der Waals surface area (Å²) in [7, 11) is 0. The molecule has 2 aromatic rings. The summed E-state index contributed by atoms with van der Waals surface area (Å²) >= 11 is 3.17. The molecule has 8 nitrogen and oxygen atoms in total. The average molecular weight is 422 g/mol. The van der Waals surface area contributed by atoms with E-state index in [1.54, 1.807) is 28.0 Å². The topological polar surface area (TPSA) is 82.8 Å². The number of nitrogens with zero attached hydrogens (tertiary/aromatic N) is 5. The molecule has 2 amide bonds. The van der Waals surface area contributed by atoms with Gasteiger partial charge < -0.3 is 14.3 Å². The molecular formula is C18H23N5O3S2. The Morgan fingerprint density at radius 3 is 2.82 bits per heavy atom. The van der Waals surface area contributed by atoms with Crippen molar-refractivity contribution in [2.45, 2.75) is 12.8 Å². The zero-order valence-corrected chi connectivity index (χ0v) is 17.2. The molecule has 2 aliphatic rings. The summed E-state index contributed by atoms with van der Waals surface area (Å²) in [6.45, 7) is 4.32. The second-order valence-corrected chi connectivity index (χ2v) is 8.79. The van der Waals surface area contributed by atoms with Gasteiger partial charge in [-0.05, 0) is 24.4 Å². The van der Waals surface area contributed by atoms with Crippen LogP contribution in [0.4, 0.5) is 0 Å². The number of rotatable bonds is 7. The first kappa shape index (κ1) is 19.4. The number of amides is 2. The maximum absolute atomic E-state index is 12.4. The molecule has 0 unspecified atom stereocenters.